The number of likely N-dealkylation sites (N-methyl/N-ethyl adjacent to an activating group) is 1. The molecule has 6 nitrogen and oxygen atoms in total. The number of nitrogens with one attached hydrogen (secondary N) is 1. The third-order valence-electron chi connectivity index (χ3n) is 5.69. The van der Waals surface area contributed by atoms with Gasteiger partial charge < -0.3 is 20.0 Å². The van der Waals surface area contributed by atoms with Crippen molar-refractivity contribution in [1.82, 2.24) is 20.1 Å². The first-order valence-electron chi connectivity index (χ1n) is 10.4. The van der Waals surface area contributed by atoms with E-state index in [1.807, 2.05) is 13.2 Å². The van der Waals surface area contributed by atoms with Crippen molar-refractivity contribution in [2.45, 2.75) is 33.2 Å². The fourth-order valence-electron chi connectivity index (χ4n) is 4.14. The van der Waals surface area contributed by atoms with E-state index in [4.69, 9.17) is 0 Å². The Bertz CT molecular complexity index is 610. The van der Waals surface area contributed by atoms with Crippen molar-refractivity contribution in [3.63, 3.8) is 0 Å². The van der Waals surface area contributed by atoms with E-state index in [0.717, 1.165) is 69.4 Å². The molecule has 2 saturated heterocycles. The van der Waals surface area contributed by atoms with Crippen LogP contribution < -0.4 is 10.2 Å². The number of aromatic nitrogens is 1. The summed E-state index contributed by atoms with van der Waals surface area (Å²) in [5.74, 6) is 3.68. The maximum atomic E-state index is 4.69. The molecule has 1 N–H and O–H groups in total. The molecule has 158 valence electrons. The molecule has 0 aromatic carbocycles. The lowest BCUT2D eigenvalue weighted by molar-refractivity contribution is 0.312. The van der Waals surface area contributed by atoms with Gasteiger partial charge in [0.2, 0.25) is 0 Å². The number of hydrogen-bond donors (Lipinski definition) is 1. The topological polar surface area (TPSA) is 47.0 Å². The minimum absolute atomic E-state index is 0. The summed E-state index contributed by atoms with van der Waals surface area (Å²) in [6.45, 7) is 12.0. The minimum Gasteiger partial charge on any atom is -0.354 e. The van der Waals surface area contributed by atoms with Crippen LogP contribution in [0.15, 0.2) is 23.3 Å². The number of hydrogen-bond acceptors (Lipinski definition) is 4. The highest BCUT2D eigenvalue weighted by atomic mass is 127. The summed E-state index contributed by atoms with van der Waals surface area (Å²) in [5.41, 5.74) is 1.20. The lowest BCUT2D eigenvalue weighted by Crippen LogP contribution is -2.44. The number of pyridine rings is 1. The normalized spacial score (nSPS) is 21.2. The molecule has 0 saturated carbocycles. The summed E-state index contributed by atoms with van der Waals surface area (Å²) in [4.78, 5) is 16.3. The highest BCUT2D eigenvalue weighted by molar-refractivity contribution is 14.0. The molecular formula is C21H37IN6. The Morgan fingerprint density at radius 2 is 1.96 bits per heavy atom. The van der Waals surface area contributed by atoms with Crippen LogP contribution in [-0.4, -0.2) is 74.1 Å². The number of aliphatic imine (C=N–C) groups is 1. The van der Waals surface area contributed by atoms with Gasteiger partial charge in [-0.25, -0.2) is 4.98 Å². The molecule has 0 spiro atoms. The Morgan fingerprint density at radius 3 is 2.57 bits per heavy atom. The second-order valence-corrected chi connectivity index (χ2v) is 8.45. The van der Waals surface area contributed by atoms with Gasteiger partial charge in [-0.15, -0.1) is 24.0 Å². The van der Waals surface area contributed by atoms with Gasteiger partial charge in [-0.05, 0) is 43.4 Å². The van der Waals surface area contributed by atoms with Crippen molar-refractivity contribution in [1.29, 1.82) is 0 Å². The average Bonchev–Trinajstić information content (AvgIpc) is 3.11. The lowest BCUT2D eigenvalue weighted by atomic mass is 9.97. The van der Waals surface area contributed by atoms with E-state index in [1.54, 1.807) is 0 Å². The van der Waals surface area contributed by atoms with Gasteiger partial charge in [0, 0.05) is 59.1 Å². The second kappa shape index (κ2) is 11.2. The molecule has 1 atom stereocenters. The summed E-state index contributed by atoms with van der Waals surface area (Å²) < 4.78 is 0. The number of guanidine groups is 1. The molecule has 3 rings (SSSR count). The number of rotatable bonds is 5. The zero-order valence-electron chi connectivity index (χ0n) is 17.9. The van der Waals surface area contributed by atoms with Crippen LogP contribution >= 0.6 is 24.0 Å². The summed E-state index contributed by atoms with van der Waals surface area (Å²) in [7, 11) is 4.06. The first-order chi connectivity index (χ1) is 13.0. The van der Waals surface area contributed by atoms with Crippen LogP contribution in [0.4, 0.5) is 5.82 Å². The Labute approximate surface area is 187 Å². The first-order valence-corrected chi connectivity index (χ1v) is 10.4. The molecular weight excluding hydrogens is 463 g/mol. The van der Waals surface area contributed by atoms with E-state index in [0.29, 0.717) is 0 Å². The summed E-state index contributed by atoms with van der Waals surface area (Å²) in [6, 6.07) is 4.34. The Kier molecular flexibility index (Phi) is 9.27. The highest BCUT2D eigenvalue weighted by Gasteiger charge is 2.25. The van der Waals surface area contributed by atoms with Gasteiger partial charge in [0.25, 0.3) is 0 Å². The van der Waals surface area contributed by atoms with Gasteiger partial charge in [0.05, 0.1) is 0 Å². The van der Waals surface area contributed by atoms with Gasteiger partial charge in [0.15, 0.2) is 5.96 Å². The zero-order chi connectivity index (χ0) is 19.2. The number of anilines is 1. The number of likely N-dealkylation sites (tertiary alicyclic amines) is 1. The minimum atomic E-state index is 0. The van der Waals surface area contributed by atoms with Crippen molar-refractivity contribution in [2.75, 3.05) is 58.3 Å². The van der Waals surface area contributed by atoms with Gasteiger partial charge in [-0.3, -0.25) is 4.99 Å². The third-order valence-corrected chi connectivity index (χ3v) is 5.69. The number of piperazine rings is 1. The van der Waals surface area contributed by atoms with Crippen LogP contribution in [0.5, 0.6) is 0 Å². The monoisotopic (exact) mass is 500 g/mol. The zero-order valence-corrected chi connectivity index (χ0v) is 20.2. The van der Waals surface area contributed by atoms with Gasteiger partial charge in [-0.2, -0.15) is 0 Å². The van der Waals surface area contributed by atoms with Crippen LogP contribution in [-0.2, 0) is 6.54 Å². The maximum absolute atomic E-state index is 4.69. The molecule has 0 amide bonds. The SMILES string of the molecule is CN=C(NCc1ccc(N2CCN(C)CC2)nc1)N1CCC(CC(C)C)C1.I. The second-order valence-electron chi connectivity index (χ2n) is 8.45. The molecule has 1 aromatic heterocycles. The van der Waals surface area contributed by atoms with E-state index in [1.165, 1.54) is 18.4 Å². The van der Waals surface area contributed by atoms with Gasteiger partial charge in [0.1, 0.15) is 5.82 Å². The van der Waals surface area contributed by atoms with E-state index < -0.39 is 0 Å². The van der Waals surface area contributed by atoms with Gasteiger partial charge >= 0.3 is 0 Å². The molecule has 0 bridgehead atoms. The Hall–Kier alpha value is -1.09. The molecule has 0 radical (unpaired) electrons. The average molecular weight is 500 g/mol. The molecule has 1 unspecified atom stereocenters. The fraction of sp³-hybridized carbons (Fsp3) is 0.714. The van der Waals surface area contributed by atoms with E-state index in [9.17, 15) is 0 Å². The molecule has 2 aliphatic heterocycles. The van der Waals surface area contributed by atoms with Gasteiger partial charge in [-0.1, -0.05) is 19.9 Å². The quantitative estimate of drug-likeness (QED) is 0.383. The highest BCUT2D eigenvalue weighted by Crippen LogP contribution is 2.23. The smallest absolute Gasteiger partial charge is 0.193 e. The molecule has 3 heterocycles. The van der Waals surface area contributed by atoms with E-state index in [-0.39, 0.29) is 24.0 Å². The summed E-state index contributed by atoms with van der Waals surface area (Å²) >= 11 is 0. The Balaban J connectivity index is 0.00000280. The molecule has 0 aliphatic carbocycles. The van der Waals surface area contributed by atoms with Crippen molar-refractivity contribution < 1.29 is 0 Å². The van der Waals surface area contributed by atoms with Crippen molar-refractivity contribution in [2.24, 2.45) is 16.8 Å². The molecule has 1 aromatic rings. The van der Waals surface area contributed by atoms with Crippen LogP contribution in [0.2, 0.25) is 0 Å². The standard InChI is InChI=1S/C21H36N6.HI/c1-17(2)13-18-7-8-27(16-18)21(22-3)24-15-19-5-6-20(23-14-19)26-11-9-25(4)10-12-26;/h5-6,14,17-18H,7-13,15-16H2,1-4H3,(H,22,24);1H. The van der Waals surface area contributed by atoms with Crippen LogP contribution in [0.1, 0.15) is 32.3 Å². The first kappa shape index (κ1) is 23.2. The summed E-state index contributed by atoms with van der Waals surface area (Å²) in [6.07, 6.45) is 4.59. The Morgan fingerprint density at radius 1 is 1.21 bits per heavy atom. The maximum Gasteiger partial charge on any atom is 0.193 e. The predicted molar refractivity (Wildman–Crippen MR) is 129 cm³/mol. The summed E-state index contributed by atoms with van der Waals surface area (Å²) in [5, 5.41) is 3.52. The third kappa shape index (κ3) is 6.47. The predicted octanol–water partition coefficient (Wildman–Crippen LogP) is 2.89. The fourth-order valence-corrected chi connectivity index (χ4v) is 4.14. The number of nitrogens with zero attached hydrogens (tertiary/aromatic N) is 5. The van der Waals surface area contributed by atoms with E-state index >= 15 is 0 Å². The van der Waals surface area contributed by atoms with Crippen LogP contribution in [0.25, 0.3) is 0 Å². The lowest BCUT2D eigenvalue weighted by Gasteiger charge is -2.33. The van der Waals surface area contributed by atoms with Crippen LogP contribution in [0, 0.1) is 11.8 Å². The van der Waals surface area contributed by atoms with Crippen molar-refractivity contribution >= 4 is 35.8 Å². The van der Waals surface area contributed by atoms with Crippen molar-refractivity contribution in [3.8, 4) is 0 Å². The largest absolute Gasteiger partial charge is 0.354 e. The molecule has 2 fully saturated rings. The molecule has 7 heteroatoms. The van der Waals surface area contributed by atoms with E-state index in [2.05, 4.69) is 63.0 Å². The number of halogens is 1. The van der Waals surface area contributed by atoms with Crippen LogP contribution in [0.3, 0.4) is 0 Å². The molecule has 2 aliphatic rings. The van der Waals surface area contributed by atoms with Crippen molar-refractivity contribution in [3.05, 3.63) is 23.9 Å². The molecule has 28 heavy (non-hydrogen) atoms.